The van der Waals surface area contributed by atoms with E-state index in [1.807, 2.05) is 12.1 Å². The molecule has 2 aromatic heterocycles. The van der Waals surface area contributed by atoms with Gasteiger partial charge in [0.2, 0.25) is 11.7 Å². The van der Waals surface area contributed by atoms with Crippen LogP contribution in [0.3, 0.4) is 0 Å². The SMILES string of the molecule is CCN(CC)c1ccc(Nc2nccc(-c3ccc(O[C@]4(C(=O)CO)CCNC4)c(C#N)c3)n2)cn1. The number of carbonyl (C=O) groups is 1. The number of benzene rings is 1. The number of ketones is 1. The van der Waals surface area contributed by atoms with Gasteiger partial charge in [-0.1, -0.05) is 0 Å². The standard InChI is InChI=1S/C26H29N7O3/c1-3-33(4-2)24-8-6-20(15-30-24)31-25-29-11-9-21(32-25)18-5-7-22(19(13-18)14-27)36-26(23(35)16-34)10-12-28-17-26/h5-9,11,13,15,28,34H,3-4,10,12,16-17H2,1-2H3,(H,29,31,32)/t26-/m1/s1. The Balaban J connectivity index is 1.54. The van der Waals surface area contributed by atoms with Crippen LogP contribution in [-0.2, 0) is 4.79 Å². The van der Waals surface area contributed by atoms with Crippen LogP contribution in [0.25, 0.3) is 11.3 Å². The van der Waals surface area contributed by atoms with Gasteiger partial charge in [0.1, 0.15) is 24.2 Å². The molecule has 0 bridgehead atoms. The van der Waals surface area contributed by atoms with Crippen LogP contribution in [0.15, 0.2) is 48.8 Å². The monoisotopic (exact) mass is 487 g/mol. The maximum absolute atomic E-state index is 12.4. The molecular formula is C26H29N7O3. The van der Waals surface area contributed by atoms with Crippen LogP contribution in [-0.4, -0.2) is 64.2 Å². The van der Waals surface area contributed by atoms with Gasteiger partial charge in [0.05, 0.1) is 23.1 Å². The van der Waals surface area contributed by atoms with Crippen LogP contribution in [0.5, 0.6) is 5.75 Å². The first-order valence-electron chi connectivity index (χ1n) is 11.9. The first-order chi connectivity index (χ1) is 17.5. The van der Waals surface area contributed by atoms with Gasteiger partial charge in [0.15, 0.2) is 5.60 Å². The van der Waals surface area contributed by atoms with Crippen molar-refractivity contribution in [2.24, 2.45) is 0 Å². The Hall–Kier alpha value is -4.07. The zero-order valence-electron chi connectivity index (χ0n) is 20.4. The van der Waals surface area contributed by atoms with E-state index in [-0.39, 0.29) is 12.1 Å². The highest BCUT2D eigenvalue weighted by atomic mass is 16.5. The van der Waals surface area contributed by atoms with Gasteiger partial charge in [-0.2, -0.15) is 5.26 Å². The fourth-order valence-electron chi connectivity index (χ4n) is 4.17. The summed E-state index contributed by atoms with van der Waals surface area (Å²) in [7, 11) is 0. The van der Waals surface area contributed by atoms with Gasteiger partial charge in [0, 0.05) is 37.8 Å². The number of nitriles is 1. The van der Waals surface area contributed by atoms with Crippen LogP contribution >= 0.6 is 0 Å². The summed E-state index contributed by atoms with van der Waals surface area (Å²) in [5.41, 5.74) is 1.17. The van der Waals surface area contributed by atoms with Crippen molar-refractivity contribution in [1.82, 2.24) is 20.3 Å². The lowest BCUT2D eigenvalue weighted by atomic mass is 9.97. The molecule has 0 aliphatic carbocycles. The number of hydrogen-bond acceptors (Lipinski definition) is 10. The molecule has 3 aromatic rings. The van der Waals surface area contributed by atoms with E-state index in [0.29, 0.717) is 35.9 Å². The summed E-state index contributed by atoms with van der Waals surface area (Å²) in [6, 6.07) is 12.9. The van der Waals surface area contributed by atoms with Crippen LogP contribution in [0.4, 0.5) is 17.5 Å². The molecule has 1 aromatic carbocycles. The van der Waals surface area contributed by atoms with Crippen LogP contribution in [0, 0.1) is 11.3 Å². The molecule has 0 saturated carbocycles. The Morgan fingerprint density at radius 2 is 2.08 bits per heavy atom. The molecule has 3 heterocycles. The van der Waals surface area contributed by atoms with Crippen molar-refractivity contribution in [2.75, 3.05) is 43.0 Å². The summed E-state index contributed by atoms with van der Waals surface area (Å²) in [6.45, 7) is 6.20. The number of Topliss-reactive ketones (excluding diaryl/α,β-unsaturated/α-hetero) is 1. The third kappa shape index (κ3) is 5.27. The molecule has 10 heteroatoms. The van der Waals surface area contributed by atoms with Gasteiger partial charge in [-0.25, -0.2) is 15.0 Å². The number of aromatic nitrogens is 3. The molecule has 10 nitrogen and oxygen atoms in total. The van der Waals surface area contributed by atoms with E-state index in [4.69, 9.17) is 4.74 Å². The van der Waals surface area contributed by atoms with E-state index in [2.05, 4.69) is 50.4 Å². The van der Waals surface area contributed by atoms with E-state index in [0.717, 1.165) is 24.6 Å². The molecule has 186 valence electrons. The summed E-state index contributed by atoms with van der Waals surface area (Å²) in [5, 5.41) is 25.4. The lowest BCUT2D eigenvalue weighted by Gasteiger charge is -2.28. The molecule has 0 unspecified atom stereocenters. The summed E-state index contributed by atoms with van der Waals surface area (Å²) in [5.74, 6) is 1.18. The number of nitrogens with zero attached hydrogens (tertiary/aromatic N) is 5. The predicted octanol–water partition coefficient (Wildman–Crippen LogP) is 2.67. The van der Waals surface area contributed by atoms with Crippen molar-refractivity contribution in [3.05, 3.63) is 54.4 Å². The first-order valence-corrected chi connectivity index (χ1v) is 11.9. The van der Waals surface area contributed by atoms with Crippen LogP contribution < -0.4 is 20.3 Å². The van der Waals surface area contributed by atoms with Crippen molar-refractivity contribution in [3.8, 4) is 23.1 Å². The average molecular weight is 488 g/mol. The third-order valence-electron chi connectivity index (χ3n) is 6.22. The maximum Gasteiger partial charge on any atom is 0.227 e. The lowest BCUT2D eigenvalue weighted by molar-refractivity contribution is -0.136. The highest BCUT2D eigenvalue weighted by molar-refractivity contribution is 5.89. The summed E-state index contributed by atoms with van der Waals surface area (Å²) < 4.78 is 6.02. The van der Waals surface area contributed by atoms with Crippen LogP contribution in [0.2, 0.25) is 0 Å². The number of hydrogen-bond donors (Lipinski definition) is 3. The molecular weight excluding hydrogens is 458 g/mol. The molecule has 1 aliphatic heterocycles. The van der Waals surface area contributed by atoms with Gasteiger partial charge < -0.3 is 25.4 Å². The molecule has 36 heavy (non-hydrogen) atoms. The molecule has 0 spiro atoms. The third-order valence-corrected chi connectivity index (χ3v) is 6.22. The van der Waals surface area contributed by atoms with Crippen molar-refractivity contribution < 1.29 is 14.6 Å². The largest absolute Gasteiger partial charge is 0.477 e. The van der Waals surface area contributed by atoms with Crippen molar-refractivity contribution in [2.45, 2.75) is 25.9 Å². The van der Waals surface area contributed by atoms with Crippen molar-refractivity contribution in [3.63, 3.8) is 0 Å². The van der Waals surface area contributed by atoms with Crippen molar-refractivity contribution in [1.29, 1.82) is 5.26 Å². The Labute approximate surface area is 210 Å². The quantitative estimate of drug-likeness (QED) is 0.391. The lowest BCUT2D eigenvalue weighted by Crippen LogP contribution is -2.48. The zero-order chi connectivity index (χ0) is 25.5. The second-order valence-electron chi connectivity index (χ2n) is 8.40. The van der Waals surface area contributed by atoms with E-state index in [1.54, 1.807) is 36.7 Å². The Morgan fingerprint density at radius 3 is 2.72 bits per heavy atom. The number of carbonyl (C=O) groups excluding carboxylic acids is 1. The summed E-state index contributed by atoms with van der Waals surface area (Å²) >= 11 is 0. The van der Waals surface area contributed by atoms with Crippen molar-refractivity contribution >= 4 is 23.2 Å². The minimum Gasteiger partial charge on any atom is -0.477 e. The zero-order valence-corrected chi connectivity index (χ0v) is 20.4. The Bertz CT molecular complexity index is 1250. The highest BCUT2D eigenvalue weighted by Gasteiger charge is 2.43. The number of ether oxygens (including phenoxy) is 1. The number of nitrogens with one attached hydrogen (secondary N) is 2. The number of rotatable bonds is 10. The smallest absolute Gasteiger partial charge is 0.227 e. The molecule has 1 fully saturated rings. The van der Waals surface area contributed by atoms with E-state index in [9.17, 15) is 15.2 Å². The first kappa shape index (κ1) is 25.0. The number of aliphatic hydroxyl groups excluding tert-OH is 1. The van der Waals surface area contributed by atoms with Gasteiger partial charge in [-0.05, 0) is 56.8 Å². The van der Waals surface area contributed by atoms with Gasteiger partial charge in [-0.15, -0.1) is 0 Å². The number of anilines is 3. The molecule has 1 aliphatic rings. The van der Waals surface area contributed by atoms with E-state index >= 15 is 0 Å². The second-order valence-corrected chi connectivity index (χ2v) is 8.40. The molecule has 3 N–H and O–H groups in total. The van der Waals surface area contributed by atoms with Gasteiger partial charge in [-0.3, -0.25) is 4.79 Å². The van der Waals surface area contributed by atoms with E-state index < -0.39 is 18.0 Å². The maximum atomic E-state index is 12.4. The number of pyridine rings is 1. The van der Waals surface area contributed by atoms with Gasteiger partial charge >= 0.3 is 0 Å². The predicted molar refractivity (Wildman–Crippen MR) is 136 cm³/mol. The fraction of sp³-hybridized carbons (Fsp3) is 0.346. The minimum absolute atomic E-state index is 0.272. The summed E-state index contributed by atoms with van der Waals surface area (Å²) in [6.07, 6.45) is 3.80. The average Bonchev–Trinajstić information content (AvgIpc) is 3.40. The van der Waals surface area contributed by atoms with E-state index in [1.165, 1.54) is 0 Å². The summed E-state index contributed by atoms with van der Waals surface area (Å²) in [4.78, 5) is 27.9. The minimum atomic E-state index is -1.18. The molecule has 4 rings (SSSR count). The van der Waals surface area contributed by atoms with Gasteiger partial charge in [0.25, 0.3) is 0 Å². The Kier molecular flexibility index (Phi) is 7.73. The van der Waals surface area contributed by atoms with Crippen LogP contribution in [0.1, 0.15) is 25.8 Å². The molecule has 0 amide bonds. The Morgan fingerprint density at radius 1 is 1.25 bits per heavy atom. The topological polar surface area (TPSA) is 136 Å². The molecule has 1 atom stereocenters. The fourth-order valence-corrected chi connectivity index (χ4v) is 4.17. The second kappa shape index (κ2) is 11.1. The normalized spacial score (nSPS) is 16.8. The highest BCUT2D eigenvalue weighted by Crippen LogP contribution is 2.31. The molecule has 0 radical (unpaired) electrons. The molecule has 1 saturated heterocycles. The number of aliphatic hydroxyl groups is 1.